The zero-order chi connectivity index (χ0) is 14.7. The van der Waals surface area contributed by atoms with Crippen molar-refractivity contribution in [1.82, 2.24) is 9.55 Å². The van der Waals surface area contributed by atoms with E-state index in [1.165, 1.54) is 4.57 Å². The van der Waals surface area contributed by atoms with Crippen LogP contribution in [0.3, 0.4) is 0 Å². The molecule has 1 atom stereocenters. The van der Waals surface area contributed by atoms with Crippen LogP contribution in [0.2, 0.25) is 5.15 Å². The minimum Gasteiger partial charge on any atom is -0.297 e. The minimum atomic E-state index is -0.458. The van der Waals surface area contributed by atoms with Crippen LogP contribution in [0, 0.1) is 0 Å². The largest absolute Gasteiger partial charge is 0.329 e. The Labute approximate surface area is 122 Å². The Morgan fingerprint density at radius 2 is 1.90 bits per heavy atom. The smallest absolute Gasteiger partial charge is 0.297 e. The summed E-state index contributed by atoms with van der Waals surface area (Å²) in [5.74, 6) is 0. The Morgan fingerprint density at radius 3 is 2.50 bits per heavy atom. The molecule has 0 saturated heterocycles. The molecule has 0 radical (unpaired) electrons. The van der Waals surface area contributed by atoms with Crippen LogP contribution in [0.1, 0.15) is 32.7 Å². The molecule has 0 spiro atoms. The lowest BCUT2D eigenvalue weighted by Crippen LogP contribution is -2.38. The maximum Gasteiger partial charge on any atom is 0.329 e. The van der Waals surface area contributed by atoms with Gasteiger partial charge in [0.1, 0.15) is 5.15 Å². The fourth-order valence-electron chi connectivity index (χ4n) is 2.33. The van der Waals surface area contributed by atoms with E-state index < -0.39 is 5.69 Å². The quantitative estimate of drug-likeness (QED) is 0.880. The van der Waals surface area contributed by atoms with Gasteiger partial charge in [0.25, 0.3) is 5.56 Å². The average Bonchev–Trinajstić information content (AvgIpc) is 2.39. The Balaban J connectivity index is 2.69. The molecule has 1 unspecified atom stereocenters. The number of aromatic nitrogens is 2. The van der Waals surface area contributed by atoms with Crippen molar-refractivity contribution in [2.75, 3.05) is 0 Å². The van der Waals surface area contributed by atoms with Crippen molar-refractivity contribution < 1.29 is 0 Å². The van der Waals surface area contributed by atoms with E-state index in [-0.39, 0.29) is 16.8 Å². The topological polar surface area (TPSA) is 54.9 Å². The summed E-state index contributed by atoms with van der Waals surface area (Å²) in [6.07, 6.45) is 1.66. The predicted octanol–water partition coefficient (Wildman–Crippen LogP) is 3.22. The summed E-state index contributed by atoms with van der Waals surface area (Å²) in [7, 11) is 0. The Kier molecular flexibility index (Phi) is 4.45. The second kappa shape index (κ2) is 6.09. The van der Waals surface area contributed by atoms with Crippen molar-refractivity contribution in [3.8, 4) is 11.1 Å². The number of aromatic amines is 1. The summed E-state index contributed by atoms with van der Waals surface area (Å²) < 4.78 is 1.25. The van der Waals surface area contributed by atoms with Gasteiger partial charge in [0.15, 0.2) is 0 Å². The van der Waals surface area contributed by atoms with Crippen molar-refractivity contribution in [2.45, 2.75) is 32.7 Å². The lowest BCUT2D eigenvalue weighted by Gasteiger charge is -2.15. The highest BCUT2D eigenvalue weighted by Gasteiger charge is 2.17. The first-order valence-corrected chi connectivity index (χ1v) is 7.03. The number of hydrogen-bond donors (Lipinski definition) is 1. The fourth-order valence-corrected chi connectivity index (χ4v) is 2.60. The van der Waals surface area contributed by atoms with E-state index in [2.05, 4.69) is 4.98 Å². The first-order valence-electron chi connectivity index (χ1n) is 6.66. The molecule has 0 bridgehead atoms. The standard InChI is InChI=1S/C15H17ClN2O2/c1-3-7-10(2)18-14(19)12(13(16)17-15(18)20)11-8-5-4-6-9-11/h4-6,8-10H,3,7H2,1-2H3,(H,17,20). The number of hydrogen-bond acceptors (Lipinski definition) is 2. The first kappa shape index (κ1) is 14.6. The predicted molar refractivity (Wildman–Crippen MR) is 81.4 cm³/mol. The lowest BCUT2D eigenvalue weighted by molar-refractivity contribution is 0.466. The number of nitrogens with zero attached hydrogens (tertiary/aromatic N) is 1. The van der Waals surface area contributed by atoms with Gasteiger partial charge >= 0.3 is 5.69 Å². The third kappa shape index (κ3) is 2.70. The summed E-state index contributed by atoms with van der Waals surface area (Å²) in [6.45, 7) is 3.88. The van der Waals surface area contributed by atoms with E-state index in [1.807, 2.05) is 32.0 Å². The van der Waals surface area contributed by atoms with Crippen molar-refractivity contribution in [1.29, 1.82) is 0 Å². The highest BCUT2D eigenvalue weighted by molar-refractivity contribution is 6.32. The van der Waals surface area contributed by atoms with Gasteiger partial charge < -0.3 is 0 Å². The summed E-state index contributed by atoms with van der Waals surface area (Å²) >= 11 is 6.05. The summed E-state index contributed by atoms with van der Waals surface area (Å²) in [5.41, 5.74) is 0.248. The molecular weight excluding hydrogens is 276 g/mol. The number of H-pyrrole nitrogens is 1. The SMILES string of the molecule is CCCC(C)n1c(=O)[nH]c(Cl)c(-c2ccccc2)c1=O. The molecule has 106 valence electrons. The van der Waals surface area contributed by atoms with Gasteiger partial charge in [-0.05, 0) is 18.9 Å². The van der Waals surface area contributed by atoms with Crippen LogP contribution in [0.5, 0.6) is 0 Å². The van der Waals surface area contributed by atoms with Gasteiger partial charge in [0.05, 0.1) is 5.56 Å². The Morgan fingerprint density at radius 1 is 1.25 bits per heavy atom. The monoisotopic (exact) mass is 292 g/mol. The molecule has 0 saturated carbocycles. The molecule has 1 aromatic heterocycles. The van der Waals surface area contributed by atoms with E-state index in [0.717, 1.165) is 12.8 Å². The van der Waals surface area contributed by atoms with Crippen LogP contribution >= 0.6 is 11.6 Å². The van der Waals surface area contributed by atoms with Crippen LogP contribution in [0.15, 0.2) is 39.9 Å². The van der Waals surface area contributed by atoms with Gasteiger partial charge in [-0.3, -0.25) is 14.3 Å². The van der Waals surface area contributed by atoms with Crippen LogP contribution in [-0.4, -0.2) is 9.55 Å². The van der Waals surface area contributed by atoms with Crippen LogP contribution in [0.25, 0.3) is 11.1 Å². The molecule has 0 aliphatic rings. The summed E-state index contributed by atoms with van der Waals surface area (Å²) in [5, 5.41) is 0.0890. The third-order valence-electron chi connectivity index (χ3n) is 3.30. The Hall–Kier alpha value is -1.81. The molecule has 2 aromatic rings. The normalized spacial score (nSPS) is 12.3. The summed E-state index contributed by atoms with van der Waals surface area (Å²) in [4.78, 5) is 27.1. The highest BCUT2D eigenvalue weighted by atomic mass is 35.5. The molecule has 1 heterocycles. The van der Waals surface area contributed by atoms with Gasteiger partial charge in [-0.25, -0.2) is 4.79 Å². The van der Waals surface area contributed by atoms with Crippen molar-refractivity contribution in [2.24, 2.45) is 0 Å². The molecule has 0 amide bonds. The van der Waals surface area contributed by atoms with E-state index in [9.17, 15) is 9.59 Å². The molecule has 0 aliphatic carbocycles. The first-order chi connectivity index (χ1) is 9.56. The Bertz CT molecular complexity index is 704. The van der Waals surface area contributed by atoms with Gasteiger partial charge in [0, 0.05) is 6.04 Å². The van der Waals surface area contributed by atoms with Crippen molar-refractivity contribution in [3.05, 3.63) is 56.3 Å². The van der Waals surface area contributed by atoms with Gasteiger partial charge in [-0.2, -0.15) is 0 Å². The average molecular weight is 293 g/mol. The van der Waals surface area contributed by atoms with Gasteiger partial charge in [-0.15, -0.1) is 0 Å². The van der Waals surface area contributed by atoms with E-state index in [1.54, 1.807) is 12.1 Å². The number of halogens is 1. The molecular formula is C15H17ClN2O2. The van der Waals surface area contributed by atoms with Crippen LogP contribution < -0.4 is 11.2 Å². The second-order valence-corrected chi connectivity index (χ2v) is 5.18. The molecule has 0 aliphatic heterocycles. The van der Waals surface area contributed by atoms with Crippen LogP contribution in [-0.2, 0) is 0 Å². The number of nitrogens with one attached hydrogen (secondary N) is 1. The van der Waals surface area contributed by atoms with E-state index in [4.69, 9.17) is 11.6 Å². The van der Waals surface area contributed by atoms with Gasteiger partial charge in [-0.1, -0.05) is 55.3 Å². The fraction of sp³-hybridized carbons (Fsp3) is 0.333. The summed E-state index contributed by atoms with van der Waals surface area (Å²) in [6, 6.07) is 8.97. The minimum absolute atomic E-state index is 0.0890. The van der Waals surface area contributed by atoms with Crippen molar-refractivity contribution in [3.63, 3.8) is 0 Å². The third-order valence-corrected chi connectivity index (χ3v) is 3.58. The maximum absolute atomic E-state index is 12.6. The molecule has 1 aromatic carbocycles. The maximum atomic E-state index is 12.6. The number of benzene rings is 1. The highest BCUT2D eigenvalue weighted by Crippen LogP contribution is 2.21. The van der Waals surface area contributed by atoms with Gasteiger partial charge in [0.2, 0.25) is 0 Å². The zero-order valence-corrected chi connectivity index (χ0v) is 12.3. The molecule has 4 nitrogen and oxygen atoms in total. The lowest BCUT2D eigenvalue weighted by atomic mass is 10.1. The molecule has 0 fully saturated rings. The van der Waals surface area contributed by atoms with Crippen LogP contribution in [0.4, 0.5) is 0 Å². The molecule has 1 N–H and O–H groups in total. The van der Waals surface area contributed by atoms with E-state index >= 15 is 0 Å². The zero-order valence-electron chi connectivity index (χ0n) is 11.5. The second-order valence-electron chi connectivity index (χ2n) is 4.80. The van der Waals surface area contributed by atoms with E-state index in [0.29, 0.717) is 11.1 Å². The number of rotatable bonds is 4. The van der Waals surface area contributed by atoms with Crippen molar-refractivity contribution >= 4 is 11.6 Å². The molecule has 20 heavy (non-hydrogen) atoms. The molecule has 5 heteroatoms. The molecule has 2 rings (SSSR count).